The van der Waals surface area contributed by atoms with Crippen LogP contribution in [0.3, 0.4) is 0 Å². The highest BCUT2D eigenvalue weighted by Gasteiger charge is 2.02. The number of aryl methyl sites for hydroxylation is 2. The monoisotopic (exact) mass is 150 g/mol. The molecule has 0 aliphatic carbocycles. The molecule has 0 aliphatic heterocycles. The molecule has 0 N–H and O–H groups in total. The molecule has 0 bridgehead atoms. The van der Waals surface area contributed by atoms with Crippen molar-refractivity contribution in [2.45, 2.75) is 27.2 Å². The second kappa shape index (κ2) is 2.95. The lowest BCUT2D eigenvalue weighted by molar-refractivity contribution is 0.490. The molecule has 1 nitrogen and oxygen atoms in total. The molecule has 11 heavy (non-hydrogen) atoms. The van der Waals surface area contributed by atoms with Crippen molar-refractivity contribution in [2.24, 2.45) is 0 Å². The molecule has 0 spiro atoms. The van der Waals surface area contributed by atoms with E-state index in [-0.39, 0.29) is 0 Å². The van der Waals surface area contributed by atoms with Crippen molar-refractivity contribution >= 4 is 0 Å². The minimum Gasteiger partial charge on any atom is -0.466 e. The first-order chi connectivity index (χ1) is 5.09. The maximum Gasteiger partial charge on any atom is 0.108 e. The Morgan fingerprint density at radius 2 is 2.18 bits per heavy atom. The molecule has 0 amide bonds. The molecule has 1 rings (SSSR count). The predicted octanol–water partition coefficient (Wildman–Crippen LogP) is 3.02. The Kier molecular flexibility index (Phi) is 2.18. The van der Waals surface area contributed by atoms with E-state index in [2.05, 4.69) is 19.6 Å². The van der Waals surface area contributed by atoms with Crippen molar-refractivity contribution in [3.63, 3.8) is 0 Å². The van der Waals surface area contributed by atoms with Gasteiger partial charge in [-0.3, -0.25) is 0 Å². The molecule has 1 aromatic rings. The molecule has 0 aliphatic rings. The first-order valence-corrected chi connectivity index (χ1v) is 3.80. The van der Waals surface area contributed by atoms with Gasteiger partial charge in [0.2, 0.25) is 0 Å². The maximum atomic E-state index is 5.46. The molecule has 0 unspecified atom stereocenters. The van der Waals surface area contributed by atoms with E-state index in [4.69, 9.17) is 4.42 Å². The molecule has 0 saturated heterocycles. The number of furan rings is 1. The average molecular weight is 150 g/mol. The number of rotatable bonds is 2. The molecule has 0 saturated carbocycles. The molecule has 60 valence electrons. The minimum absolute atomic E-state index is 0.856. The Balaban J connectivity index is 2.81. The number of hydrogen-bond acceptors (Lipinski definition) is 1. The van der Waals surface area contributed by atoms with Gasteiger partial charge in [0.25, 0.3) is 0 Å². The van der Waals surface area contributed by atoms with Crippen LogP contribution in [0, 0.1) is 13.8 Å². The van der Waals surface area contributed by atoms with Gasteiger partial charge in [-0.05, 0) is 32.4 Å². The van der Waals surface area contributed by atoms with Crippen molar-refractivity contribution in [1.82, 2.24) is 0 Å². The van der Waals surface area contributed by atoms with Crippen LogP contribution in [0.4, 0.5) is 0 Å². The second-order valence-electron chi connectivity index (χ2n) is 3.09. The standard InChI is InChI=1S/C10H14O/c1-7(2)5-10-6-8(3)9(4)11-10/h6H,1,5H2,2-4H3. The van der Waals surface area contributed by atoms with E-state index in [0.717, 1.165) is 23.5 Å². The Labute approximate surface area is 67.7 Å². The van der Waals surface area contributed by atoms with Gasteiger partial charge in [0.05, 0.1) is 0 Å². The average Bonchev–Trinajstić information content (AvgIpc) is 2.10. The third kappa shape index (κ3) is 1.97. The SMILES string of the molecule is C=C(C)Cc1cc(C)c(C)o1. The van der Waals surface area contributed by atoms with Crippen molar-refractivity contribution in [1.29, 1.82) is 0 Å². The zero-order chi connectivity index (χ0) is 8.43. The lowest BCUT2D eigenvalue weighted by Gasteiger charge is -1.92. The number of hydrogen-bond donors (Lipinski definition) is 0. The second-order valence-corrected chi connectivity index (χ2v) is 3.09. The largest absolute Gasteiger partial charge is 0.466 e. The van der Waals surface area contributed by atoms with E-state index >= 15 is 0 Å². The van der Waals surface area contributed by atoms with Crippen LogP contribution in [-0.4, -0.2) is 0 Å². The van der Waals surface area contributed by atoms with Crippen molar-refractivity contribution in [3.8, 4) is 0 Å². The summed E-state index contributed by atoms with van der Waals surface area (Å²) >= 11 is 0. The highest BCUT2D eigenvalue weighted by Crippen LogP contribution is 2.15. The van der Waals surface area contributed by atoms with Gasteiger partial charge in [0, 0.05) is 6.42 Å². The summed E-state index contributed by atoms with van der Waals surface area (Å²) in [4.78, 5) is 0. The van der Waals surface area contributed by atoms with Gasteiger partial charge in [0.15, 0.2) is 0 Å². The summed E-state index contributed by atoms with van der Waals surface area (Å²) < 4.78 is 5.46. The fourth-order valence-corrected chi connectivity index (χ4v) is 1.03. The fourth-order valence-electron chi connectivity index (χ4n) is 1.03. The highest BCUT2D eigenvalue weighted by atomic mass is 16.3. The third-order valence-corrected chi connectivity index (χ3v) is 1.69. The van der Waals surface area contributed by atoms with Crippen LogP contribution in [0.2, 0.25) is 0 Å². The molecular formula is C10H14O. The van der Waals surface area contributed by atoms with Crippen LogP contribution < -0.4 is 0 Å². The minimum atomic E-state index is 0.856. The molecular weight excluding hydrogens is 136 g/mol. The highest BCUT2D eigenvalue weighted by molar-refractivity contribution is 5.21. The zero-order valence-corrected chi connectivity index (χ0v) is 7.40. The van der Waals surface area contributed by atoms with E-state index < -0.39 is 0 Å². The van der Waals surface area contributed by atoms with Gasteiger partial charge < -0.3 is 4.42 Å². The van der Waals surface area contributed by atoms with Crippen LogP contribution in [0.15, 0.2) is 22.6 Å². The Morgan fingerprint density at radius 1 is 1.55 bits per heavy atom. The van der Waals surface area contributed by atoms with Crippen molar-refractivity contribution in [3.05, 3.63) is 35.3 Å². The lowest BCUT2D eigenvalue weighted by atomic mass is 10.2. The van der Waals surface area contributed by atoms with Crippen LogP contribution in [0.5, 0.6) is 0 Å². The summed E-state index contributed by atoms with van der Waals surface area (Å²) in [5.41, 5.74) is 2.36. The molecule has 0 atom stereocenters. The van der Waals surface area contributed by atoms with E-state index in [0.29, 0.717) is 0 Å². The quantitative estimate of drug-likeness (QED) is 0.591. The molecule has 1 heterocycles. The summed E-state index contributed by atoms with van der Waals surface area (Å²) in [7, 11) is 0. The van der Waals surface area contributed by atoms with Gasteiger partial charge in [-0.15, -0.1) is 0 Å². The van der Waals surface area contributed by atoms with E-state index in [1.165, 1.54) is 5.56 Å². The Morgan fingerprint density at radius 3 is 2.55 bits per heavy atom. The van der Waals surface area contributed by atoms with Crippen LogP contribution in [-0.2, 0) is 6.42 Å². The summed E-state index contributed by atoms with van der Waals surface area (Å²) in [5.74, 6) is 2.04. The Bertz CT molecular complexity index is 249. The summed E-state index contributed by atoms with van der Waals surface area (Å²) in [6.07, 6.45) is 0.856. The topological polar surface area (TPSA) is 13.1 Å². The van der Waals surface area contributed by atoms with Crippen molar-refractivity contribution in [2.75, 3.05) is 0 Å². The van der Waals surface area contributed by atoms with Gasteiger partial charge in [-0.2, -0.15) is 0 Å². The normalized spacial score (nSPS) is 10.1. The maximum absolute atomic E-state index is 5.46. The van der Waals surface area contributed by atoms with E-state index in [9.17, 15) is 0 Å². The van der Waals surface area contributed by atoms with Crippen LogP contribution in [0.1, 0.15) is 24.0 Å². The van der Waals surface area contributed by atoms with Gasteiger partial charge in [0.1, 0.15) is 11.5 Å². The molecule has 1 aromatic heterocycles. The van der Waals surface area contributed by atoms with E-state index in [1.807, 2.05) is 13.8 Å². The van der Waals surface area contributed by atoms with Crippen LogP contribution in [0.25, 0.3) is 0 Å². The fraction of sp³-hybridized carbons (Fsp3) is 0.400. The first-order valence-electron chi connectivity index (χ1n) is 3.80. The summed E-state index contributed by atoms with van der Waals surface area (Å²) in [6.45, 7) is 9.88. The van der Waals surface area contributed by atoms with Crippen LogP contribution >= 0.6 is 0 Å². The van der Waals surface area contributed by atoms with Gasteiger partial charge >= 0.3 is 0 Å². The molecule has 0 aromatic carbocycles. The third-order valence-electron chi connectivity index (χ3n) is 1.69. The predicted molar refractivity (Wildman–Crippen MR) is 46.7 cm³/mol. The summed E-state index contributed by atoms with van der Waals surface area (Å²) in [6, 6.07) is 2.07. The number of allylic oxidation sites excluding steroid dienone is 1. The zero-order valence-electron chi connectivity index (χ0n) is 7.40. The molecule has 0 fully saturated rings. The van der Waals surface area contributed by atoms with E-state index in [1.54, 1.807) is 0 Å². The smallest absolute Gasteiger partial charge is 0.108 e. The van der Waals surface area contributed by atoms with Gasteiger partial charge in [-0.25, -0.2) is 0 Å². The first kappa shape index (κ1) is 8.12. The lowest BCUT2D eigenvalue weighted by Crippen LogP contribution is -1.79. The van der Waals surface area contributed by atoms with Gasteiger partial charge in [-0.1, -0.05) is 12.2 Å². The Hall–Kier alpha value is -0.980. The summed E-state index contributed by atoms with van der Waals surface area (Å²) in [5, 5.41) is 0. The molecule has 1 heteroatoms. The van der Waals surface area contributed by atoms with Crippen molar-refractivity contribution < 1.29 is 4.42 Å². The molecule has 0 radical (unpaired) electrons.